The van der Waals surface area contributed by atoms with Crippen LogP contribution in [0.2, 0.25) is 0 Å². The van der Waals surface area contributed by atoms with E-state index in [-0.39, 0.29) is 12.5 Å². The van der Waals surface area contributed by atoms with Gasteiger partial charge < -0.3 is 19.1 Å². The van der Waals surface area contributed by atoms with Gasteiger partial charge in [-0.25, -0.2) is 4.98 Å². The molecule has 0 N–H and O–H groups in total. The molecule has 34 heavy (non-hydrogen) atoms. The van der Waals surface area contributed by atoms with Crippen molar-refractivity contribution in [1.29, 1.82) is 0 Å². The average Bonchev–Trinajstić information content (AvgIpc) is 3.36. The Bertz CT molecular complexity index is 1210. The van der Waals surface area contributed by atoms with E-state index in [1.54, 1.807) is 19.4 Å². The molecule has 0 atom stereocenters. The first-order chi connectivity index (χ1) is 16.2. The van der Waals surface area contributed by atoms with Crippen LogP contribution in [0.3, 0.4) is 0 Å². The molecule has 4 rings (SSSR count). The molecule has 1 aromatic carbocycles. The standard InChI is InChI=1S/C23H23F3N4O4/c1-14-6-15(16-8-19(33-3)21(27-9-16)34-5-4-32-2)7-17-11-30(22(31)20(14)17)18-10-28-29(12-18)13-23(24,25)26/h6-10,12H,4-5,11,13H2,1-3H3. The molecule has 11 heteroatoms. The highest BCUT2D eigenvalue weighted by molar-refractivity contribution is 6.11. The number of rotatable bonds is 8. The van der Waals surface area contributed by atoms with Gasteiger partial charge in [-0.1, -0.05) is 6.07 Å². The van der Waals surface area contributed by atoms with Crippen LogP contribution in [0, 0.1) is 6.92 Å². The summed E-state index contributed by atoms with van der Waals surface area (Å²) < 4.78 is 54.7. The molecule has 2 aromatic heterocycles. The molecule has 0 unspecified atom stereocenters. The lowest BCUT2D eigenvalue weighted by Gasteiger charge is -2.12. The quantitative estimate of drug-likeness (QED) is 0.457. The number of nitrogens with zero attached hydrogens (tertiary/aromatic N) is 4. The average molecular weight is 476 g/mol. The first kappa shape index (κ1) is 23.6. The summed E-state index contributed by atoms with van der Waals surface area (Å²) in [4.78, 5) is 18.8. The maximum Gasteiger partial charge on any atom is 0.408 e. The number of amides is 1. The summed E-state index contributed by atoms with van der Waals surface area (Å²) >= 11 is 0. The Morgan fingerprint density at radius 1 is 1.09 bits per heavy atom. The number of carbonyl (C=O) groups excluding carboxylic acids is 1. The number of aryl methyl sites for hydroxylation is 1. The minimum absolute atomic E-state index is 0.226. The largest absolute Gasteiger partial charge is 0.491 e. The summed E-state index contributed by atoms with van der Waals surface area (Å²) in [6, 6.07) is 5.55. The molecule has 0 radical (unpaired) electrons. The molecule has 0 saturated carbocycles. The normalized spacial score (nSPS) is 13.4. The highest BCUT2D eigenvalue weighted by Crippen LogP contribution is 2.36. The summed E-state index contributed by atoms with van der Waals surface area (Å²) in [6.45, 7) is 1.57. The predicted molar refractivity (Wildman–Crippen MR) is 117 cm³/mol. The van der Waals surface area contributed by atoms with E-state index in [2.05, 4.69) is 10.1 Å². The fourth-order valence-corrected chi connectivity index (χ4v) is 3.87. The summed E-state index contributed by atoms with van der Waals surface area (Å²) in [7, 11) is 3.10. The zero-order valence-electron chi connectivity index (χ0n) is 18.8. The van der Waals surface area contributed by atoms with Gasteiger partial charge in [0.1, 0.15) is 13.2 Å². The van der Waals surface area contributed by atoms with Crippen molar-refractivity contribution in [1.82, 2.24) is 14.8 Å². The zero-order chi connectivity index (χ0) is 24.5. The van der Waals surface area contributed by atoms with Crippen LogP contribution in [0.15, 0.2) is 36.8 Å². The maximum absolute atomic E-state index is 13.0. The van der Waals surface area contributed by atoms with Gasteiger partial charge in [0.25, 0.3) is 11.8 Å². The maximum atomic E-state index is 13.0. The monoisotopic (exact) mass is 476 g/mol. The Morgan fingerprint density at radius 2 is 1.88 bits per heavy atom. The van der Waals surface area contributed by atoms with E-state index < -0.39 is 12.7 Å². The Labute approximate surface area is 193 Å². The third-order valence-electron chi connectivity index (χ3n) is 5.37. The highest BCUT2D eigenvalue weighted by Gasteiger charge is 2.33. The Morgan fingerprint density at radius 3 is 2.59 bits per heavy atom. The molecule has 0 bridgehead atoms. The molecule has 3 heterocycles. The summed E-state index contributed by atoms with van der Waals surface area (Å²) in [5.41, 5.74) is 3.96. The Hall–Kier alpha value is -3.60. The van der Waals surface area contributed by atoms with Crippen molar-refractivity contribution >= 4 is 11.6 Å². The minimum Gasteiger partial charge on any atom is -0.491 e. The van der Waals surface area contributed by atoms with E-state index in [1.165, 1.54) is 24.4 Å². The van der Waals surface area contributed by atoms with Crippen molar-refractivity contribution in [2.45, 2.75) is 26.2 Å². The number of ether oxygens (including phenoxy) is 3. The van der Waals surface area contributed by atoms with Gasteiger partial charge in [0.2, 0.25) is 0 Å². The fourth-order valence-electron chi connectivity index (χ4n) is 3.87. The lowest BCUT2D eigenvalue weighted by Crippen LogP contribution is -2.23. The van der Waals surface area contributed by atoms with Crippen LogP contribution in [0.5, 0.6) is 11.6 Å². The predicted octanol–water partition coefficient (Wildman–Crippen LogP) is 4.01. The van der Waals surface area contributed by atoms with Gasteiger partial charge >= 0.3 is 6.18 Å². The SMILES string of the molecule is COCCOc1ncc(-c2cc(C)c3c(c2)CN(c2cnn(CC(F)(F)F)c2)C3=O)cc1OC. The second-order valence-electron chi connectivity index (χ2n) is 7.80. The fraction of sp³-hybridized carbons (Fsp3) is 0.348. The van der Waals surface area contributed by atoms with Crippen molar-refractivity contribution in [2.24, 2.45) is 0 Å². The number of carbonyl (C=O) groups is 1. The van der Waals surface area contributed by atoms with Crippen molar-refractivity contribution in [3.05, 3.63) is 53.5 Å². The van der Waals surface area contributed by atoms with E-state index in [9.17, 15) is 18.0 Å². The number of aromatic nitrogens is 3. The number of hydrogen-bond donors (Lipinski definition) is 0. The van der Waals surface area contributed by atoms with E-state index in [0.29, 0.717) is 36.1 Å². The summed E-state index contributed by atoms with van der Waals surface area (Å²) in [5.74, 6) is 0.531. The molecular formula is C23H23F3N4O4. The van der Waals surface area contributed by atoms with Gasteiger partial charge in [0.05, 0.1) is 32.1 Å². The molecular weight excluding hydrogens is 453 g/mol. The molecule has 0 aliphatic carbocycles. The first-order valence-corrected chi connectivity index (χ1v) is 10.4. The minimum atomic E-state index is -4.40. The van der Waals surface area contributed by atoms with E-state index in [0.717, 1.165) is 26.9 Å². The van der Waals surface area contributed by atoms with Crippen LogP contribution in [0.25, 0.3) is 11.1 Å². The van der Waals surface area contributed by atoms with Crippen LogP contribution < -0.4 is 14.4 Å². The molecule has 0 spiro atoms. The zero-order valence-corrected chi connectivity index (χ0v) is 18.8. The molecule has 180 valence electrons. The van der Waals surface area contributed by atoms with Crippen LogP contribution in [0.1, 0.15) is 21.5 Å². The highest BCUT2D eigenvalue weighted by atomic mass is 19.4. The number of pyridine rings is 1. The number of halogens is 3. The number of hydrogen-bond acceptors (Lipinski definition) is 6. The van der Waals surface area contributed by atoms with Gasteiger partial charge in [-0.05, 0) is 35.7 Å². The Kier molecular flexibility index (Phi) is 6.47. The third kappa shape index (κ3) is 4.84. The van der Waals surface area contributed by atoms with Gasteiger partial charge in [0, 0.05) is 30.6 Å². The molecule has 0 fully saturated rings. The van der Waals surface area contributed by atoms with Gasteiger partial charge in [-0.2, -0.15) is 18.3 Å². The van der Waals surface area contributed by atoms with Crippen molar-refractivity contribution < 1.29 is 32.2 Å². The lowest BCUT2D eigenvalue weighted by molar-refractivity contribution is -0.142. The van der Waals surface area contributed by atoms with Crippen molar-refractivity contribution in [2.75, 3.05) is 32.3 Å². The number of methoxy groups -OCH3 is 2. The number of fused-ring (bicyclic) bond motifs is 1. The van der Waals surface area contributed by atoms with Gasteiger partial charge in [0.15, 0.2) is 5.75 Å². The van der Waals surface area contributed by atoms with E-state index in [1.807, 2.05) is 19.1 Å². The number of benzene rings is 1. The van der Waals surface area contributed by atoms with Crippen molar-refractivity contribution in [3.63, 3.8) is 0 Å². The molecule has 1 aliphatic rings. The first-order valence-electron chi connectivity index (χ1n) is 10.4. The van der Waals surface area contributed by atoms with E-state index >= 15 is 0 Å². The van der Waals surface area contributed by atoms with Gasteiger partial charge in [-0.3, -0.25) is 9.48 Å². The van der Waals surface area contributed by atoms with Crippen LogP contribution in [-0.4, -0.2) is 54.3 Å². The number of alkyl halides is 3. The van der Waals surface area contributed by atoms with Crippen LogP contribution in [0.4, 0.5) is 18.9 Å². The summed E-state index contributed by atoms with van der Waals surface area (Å²) in [6.07, 6.45) is -0.249. The molecule has 1 amide bonds. The topological polar surface area (TPSA) is 78.7 Å². The molecule has 1 aliphatic heterocycles. The van der Waals surface area contributed by atoms with Crippen molar-refractivity contribution in [3.8, 4) is 22.8 Å². The Balaban J connectivity index is 1.60. The molecule has 0 saturated heterocycles. The number of anilines is 1. The third-order valence-corrected chi connectivity index (χ3v) is 5.37. The van der Waals surface area contributed by atoms with Gasteiger partial charge in [-0.15, -0.1) is 0 Å². The second kappa shape index (κ2) is 9.34. The molecule has 3 aromatic rings. The van der Waals surface area contributed by atoms with E-state index in [4.69, 9.17) is 14.2 Å². The molecule has 8 nitrogen and oxygen atoms in total. The van der Waals surface area contributed by atoms with Crippen LogP contribution >= 0.6 is 0 Å². The summed E-state index contributed by atoms with van der Waals surface area (Å²) in [5, 5.41) is 3.75. The van der Waals surface area contributed by atoms with Crippen LogP contribution in [-0.2, 0) is 17.8 Å². The second-order valence-corrected chi connectivity index (χ2v) is 7.80. The lowest BCUT2D eigenvalue weighted by atomic mass is 9.97. The smallest absolute Gasteiger partial charge is 0.408 e.